The monoisotopic (exact) mass is 499 g/mol. The number of ether oxygens (including phenoxy) is 2. The van der Waals surface area contributed by atoms with E-state index in [2.05, 4.69) is 5.32 Å². The standard InChI is InChI=1S/C23H21N3O4S3/c1-3-26-22(28)19-15(18-5-4-8-31-18)11-32-21(19)25-23(26)33-13(2)20(27)24-10-14-6-7-16-17(9-14)30-12-29-16/h4-9,11,13H,3,10,12H2,1-2H3,(H,24,27). The van der Waals surface area contributed by atoms with Crippen LogP contribution in [-0.2, 0) is 17.9 Å². The highest BCUT2D eigenvalue weighted by molar-refractivity contribution is 8.00. The van der Waals surface area contributed by atoms with Crippen LogP contribution in [0.1, 0.15) is 19.4 Å². The number of carbonyl (C=O) groups is 1. The van der Waals surface area contributed by atoms with E-state index >= 15 is 0 Å². The minimum atomic E-state index is -0.419. The van der Waals surface area contributed by atoms with Crippen LogP contribution in [0.3, 0.4) is 0 Å². The van der Waals surface area contributed by atoms with Gasteiger partial charge in [-0.3, -0.25) is 14.2 Å². The second-order valence-corrected chi connectivity index (χ2v) is 10.5. The highest BCUT2D eigenvalue weighted by Crippen LogP contribution is 2.35. The fourth-order valence-corrected chi connectivity index (χ4v) is 6.38. The van der Waals surface area contributed by atoms with Gasteiger partial charge in [-0.15, -0.1) is 22.7 Å². The molecule has 3 aromatic heterocycles. The molecule has 1 aliphatic heterocycles. The third-order valence-corrected chi connectivity index (χ3v) is 8.18. The molecule has 0 bridgehead atoms. The first-order valence-corrected chi connectivity index (χ1v) is 13.1. The van der Waals surface area contributed by atoms with Crippen molar-refractivity contribution in [3.05, 3.63) is 57.0 Å². The predicted molar refractivity (Wildman–Crippen MR) is 133 cm³/mol. The average Bonchev–Trinajstić information content (AvgIpc) is 3.57. The van der Waals surface area contributed by atoms with Crippen molar-refractivity contribution in [2.75, 3.05) is 6.79 Å². The summed E-state index contributed by atoms with van der Waals surface area (Å²) in [5.41, 5.74) is 1.79. The Morgan fingerprint density at radius 1 is 1.27 bits per heavy atom. The van der Waals surface area contributed by atoms with Crippen molar-refractivity contribution in [3.63, 3.8) is 0 Å². The molecule has 5 rings (SSSR count). The van der Waals surface area contributed by atoms with Crippen molar-refractivity contribution in [1.29, 1.82) is 0 Å². The lowest BCUT2D eigenvalue weighted by atomic mass is 10.2. The van der Waals surface area contributed by atoms with Gasteiger partial charge >= 0.3 is 0 Å². The zero-order valence-electron chi connectivity index (χ0n) is 18.0. The third-order valence-electron chi connectivity index (χ3n) is 5.32. The third kappa shape index (κ3) is 4.25. The SMILES string of the molecule is CCn1c(SC(C)C(=O)NCc2ccc3c(c2)OCO3)nc2scc(-c3cccs3)c2c1=O. The number of thioether (sulfide) groups is 1. The fraction of sp³-hybridized carbons (Fsp3) is 0.261. The summed E-state index contributed by atoms with van der Waals surface area (Å²) in [5.74, 6) is 1.27. The van der Waals surface area contributed by atoms with E-state index in [4.69, 9.17) is 14.5 Å². The maximum absolute atomic E-state index is 13.3. The smallest absolute Gasteiger partial charge is 0.263 e. The van der Waals surface area contributed by atoms with Crippen LogP contribution in [0.2, 0.25) is 0 Å². The summed E-state index contributed by atoms with van der Waals surface area (Å²) >= 11 is 4.36. The van der Waals surface area contributed by atoms with E-state index < -0.39 is 5.25 Å². The molecule has 4 aromatic rings. The van der Waals surface area contributed by atoms with Gasteiger partial charge < -0.3 is 14.8 Å². The average molecular weight is 500 g/mol. The first kappa shape index (κ1) is 22.0. The van der Waals surface area contributed by atoms with Crippen molar-refractivity contribution in [3.8, 4) is 21.9 Å². The highest BCUT2D eigenvalue weighted by atomic mass is 32.2. The summed E-state index contributed by atoms with van der Waals surface area (Å²) in [5, 5.41) is 7.72. The van der Waals surface area contributed by atoms with E-state index in [1.54, 1.807) is 15.9 Å². The van der Waals surface area contributed by atoms with Crippen LogP contribution < -0.4 is 20.3 Å². The maximum atomic E-state index is 13.3. The molecular weight excluding hydrogens is 478 g/mol. The van der Waals surface area contributed by atoms with E-state index in [-0.39, 0.29) is 18.3 Å². The van der Waals surface area contributed by atoms with Crippen LogP contribution in [0.4, 0.5) is 0 Å². The van der Waals surface area contributed by atoms with Gasteiger partial charge in [0.2, 0.25) is 12.7 Å². The summed E-state index contributed by atoms with van der Waals surface area (Å²) < 4.78 is 12.4. The van der Waals surface area contributed by atoms with Crippen LogP contribution in [0, 0.1) is 0 Å². The molecular formula is C23H21N3O4S3. The van der Waals surface area contributed by atoms with Gasteiger partial charge in [-0.05, 0) is 43.0 Å². The van der Waals surface area contributed by atoms with Crippen LogP contribution in [0.5, 0.6) is 11.5 Å². The first-order chi connectivity index (χ1) is 16.0. The Kier molecular flexibility index (Phi) is 6.13. The molecule has 1 unspecified atom stereocenters. The molecule has 1 aliphatic rings. The second-order valence-electron chi connectivity index (χ2n) is 7.42. The lowest BCUT2D eigenvalue weighted by Gasteiger charge is -2.15. The summed E-state index contributed by atoms with van der Waals surface area (Å²) in [4.78, 5) is 32.6. The van der Waals surface area contributed by atoms with Crippen LogP contribution in [0.15, 0.2) is 51.0 Å². The molecule has 4 heterocycles. The van der Waals surface area contributed by atoms with Gasteiger partial charge in [0, 0.05) is 28.9 Å². The number of rotatable bonds is 7. The Labute approximate surface area is 202 Å². The summed E-state index contributed by atoms with van der Waals surface area (Å²) in [6.45, 7) is 4.81. The van der Waals surface area contributed by atoms with Gasteiger partial charge in [0.15, 0.2) is 16.7 Å². The minimum absolute atomic E-state index is 0.0670. The van der Waals surface area contributed by atoms with Gasteiger partial charge in [0.25, 0.3) is 5.56 Å². The first-order valence-electron chi connectivity index (χ1n) is 10.4. The van der Waals surface area contributed by atoms with E-state index in [0.29, 0.717) is 40.0 Å². The summed E-state index contributed by atoms with van der Waals surface area (Å²) in [6, 6.07) is 9.59. The normalized spacial score (nSPS) is 13.4. The Hall–Kier alpha value is -2.82. The van der Waals surface area contributed by atoms with Crippen molar-refractivity contribution in [1.82, 2.24) is 14.9 Å². The van der Waals surface area contributed by atoms with Crippen molar-refractivity contribution < 1.29 is 14.3 Å². The molecule has 1 amide bonds. The van der Waals surface area contributed by atoms with Crippen molar-refractivity contribution in [2.45, 2.75) is 37.3 Å². The lowest BCUT2D eigenvalue weighted by Crippen LogP contribution is -2.31. The summed E-state index contributed by atoms with van der Waals surface area (Å²) in [7, 11) is 0. The van der Waals surface area contributed by atoms with E-state index in [1.807, 2.05) is 54.9 Å². The Morgan fingerprint density at radius 3 is 2.91 bits per heavy atom. The number of nitrogens with one attached hydrogen (secondary N) is 1. The molecule has 1 aromatic carbocycles. The molecule has 0 spiro atoms. The Bertz CT molecular complexity index is 1380. The van der Waals surface area contributed by atoms with Gasteiger partial charge in [-0.25, -0.2) is 4.98 Å². The zero-order valence-corrected chi connectivity index (χ0v) is 20.4. The van der Waals surface area contributed by atoms with E-state index in [1.165, 1.54) is 23.1 Å². The van der Waals surface area contributed by atoms with E-state index in [9.17, 15) is 9.59 Å². The van der Waals surface area contributed by atoms with Crippen LogP contribution in [0.25, 0.3) is 20.7 Å². The van der Waals surface area contributed by atoms with Gasteiger partial charge in [0.05, 0.1) is 10.6 Å². The predicted octanol–water partition coefficient (Wildman–Crippen LogP) is 4.73. The van der Waals surface area contributed by atoms with Gasteiger partial charge in [-0.2, -0.15) is 0 Å². The quantitative estimate of drug-likeness (QED) is 0.292. The Balaban J connectivity index is 1.33. The van der Waals surface area contributed by atoms with Gasteiger partial charge in [-0.1, -0.05) is 23.9 Å². The van der Waals surface area contributed by atoms with E-state index in [0.717, 1.165) is 16.0 Å². The molecule has 0 aliphatic carbocycles. The lowest BCUT2D eigenvalue weighted by molar-refractivity contribution is -0.120. The van der Waals surface area contributed by atoms with Crippen molar-refractivity contribution in [2.24, 2.45) is 0 Å². The molecule has 170 valence electrons. The number of amides is 1. The number of hydrogen-bond acceptors (Lipinski definition) is 8. The number of hydrogen-bond donors (Lipinski definition) is 1. The zero-order chi connectivity index (χ0) is 22.9. The Morgan fingerprint density at radius 2 is 2.12 bits per heavy atom. The number of thiophene rings is 2. The largest absolute Gasteiger partial charge is 0.454 e. The topological polar surface area (TPSA) is 82.5 Å². The van der Waals surface area contributed by atoms with Crippen molar-refractivity contribution >= 4 is 50.6 Å². The highest BCUT2D eigenvalue weighted by Gasteiger charge is 2.22. The molecule has 0 saturated carbocycles. The molecule has 0 radical (unpaired) electrons. The molecule has 10 heteroatoms. The molecule has 33 heavy (non-hydrogen) atoms. The number of nitrogens with zero attached hydrogens (tertiary/aromatic N) is 2. The maximum Gasteiger partial charge on any atom is 0.263 e. The molecule has 0 saturated heterocycles. The second kappa shape index (κ2) is 9.20. The number of carbonyl (C=O) groups excluding carboxylic acids is 1. The number of benzene rings is 1. The molecule has 0 fully saturated rings. The molecule has 1 N–H and O–H groups in total. The number of aromatic nitrogens is 2. The van der Waals surface area contributed by atoms with Crippen LogP contribution in [-0.4, -0.2) is 27.5 Å². The molecule has 1 atom stereocenters. The summed E-state index contributed by atoms with van der Waals surface area (Å²) in [6.07, 6.45) is 0. The molecule has 7 nitrogen and oxygen atoms in total. The fourth-order valence-electron chi connectivity index (χ4n) is 3.58. The number of fused-ring (bicyclic) bond motifs is 2. The van der Waals surface area contributed by atoms with Gasteiger partial charge in [0.1, 0.15) is 4.83 Å². The minimum Gasteiger partial charge on any atom is -0.454 e. The van der Waals surface area contributed by atoms with Crippen LogP contribution >= 0.6 is 34.4 Å².